The zero-order valence-corrected chi connectivity index (χ0v) is 13.4. The van der Waals surface area contributed by atoms with Gasteiger partial charge in [0.15, 0.2) is 0 Å². The number of amides is 2. The van der Waals surface area contributed by atoms with Crippen LogP contribution in [0.25, 0.3) is 10.9 Å². The van der Waals surface area contributed by atoms with Crippen molar-refractivity contribution in [2.75, 3.05) is 26.2 Å². The molecule has 3 heterocycles. The maximum atomic E-state index is 12.9. The van der Waals surface area contributed by atoms with Crippen LogP contribution in [0, 0.1) is 0 Å². The lowest BCUT2D eigenvalue weighted by Gasteiger charge is -2.35. The molecule has 0 radical (unpaired) electrons. The highest BCUT2D eigenvalue weighted by atomic mass is 35.5. The molecule has 1 aromatic heterocycles. The Hall–Kier alpha value is -2.21. The third-order valence-electron chi connectivity index (χ3n) is 4.63. The number of rotatable bonds is 1. The van der Waals surface area contributed by atoms with Gasteiger partial charge in [-0.15, -0.1) is 0 Å². The highest BCUT2D eigenvalue weighted by Gasteiger charge is 2.39. The van der Waals surface area contributed by atoms with E-state index in [4.69, 9.17) is 16.3 Å². The molecule has 2 aliphatic heterocycles. The van der Waals surface area contributed by atoms with Gasteiger partial charge >= 0.3 is 6.09 Å². The van der Waals surface area contributed by atoms with Crippen molar-refractivity contribution in [2.24, 2.45) is 7.05 Å². The van der Waals surface area contributed by atoms with Crippen LogP contribution in [0.1, 0.15) is 10.5 Å². The van der Waals surface area contributed by atoms with Crippen molar-refractivity contribution in [1.82, 2.24) is 14.4 Å². The number of benzene rings is 1. The van der Waals surface area contributed by atoms with Gasteiger partial charge in [0, 0.05) is 42.6 Å². The number of cyclic esters (lactones) is 1. The fourth-order valence-corrected chi connectivity index (χ4v) is 3.51. The predicted molar refractivity (Wildman–Crippen MR) is 85.7 cm³/mol. The minimum Gasteiger partial charge on any atom is -0.447 e. The van der Waals surface area contributed by atoms with Crippen molar-refractivity contribution in [2.45, 2.75) is 6.04 Å². The lowest BCUT2D eigenvalue weighted by molar-refractivity contribution is 0.0608. The average molecular weight is 334 g/mol. The van der Waals surface area contributed by atoms with E-state index in [1.54, 1.807) is 9.80 Å². The molecule has 1 aromatic carbocycles. The molecule has 1 atom stereocenters. The largest absolute Gasteiger partial charge is 0.447 e. The standard InChI is InChI=1S/C16H16ClN3O3/c1-18-13-7-11(17)3-2-10(13)6-14(18)15(21)19-4-5-20-12(8-19)9-23-16(20)22/h2-3,6-7,12H,4-5,8-9H2,1H3. The lowest BCUT2D eigenvalue weighted by atomic mass is 10.2. The van der Waals surface area contributed by atoms with E-state index >= 15 is 0 Å². The van der Waals surface area contributed by atoms with Crippen LogP contribution in [0.15, 0.2) is 24.3 Å². The molecule has 0 spiro atoms. The number of aromatic nitrogens is 1. The number of piperazine rings is 1. The average Bonchev–Trinajstić information content (AvgIpc) is 3.08. The van der Waals surface area contributed by atoms with Crippen LogP contribution in [-0.2, 0) is 11.8 Å². The number of nitrogens with zero attached hydrogens (tertiary/aromatic N) is 3. The summed E-state index contributed by atoms with van der Waals surface area (Å²) < 4.78 is 6.92. The third kappa shape index (κ3) is 2.25. The highest BCUT2D eigenvalue weighted by Crippen LogP contribution is 2.25. The van der Waals surface area contributed by atoms with Crippen LogP contribution in [0.5, 0.6) is 0 Å². The molecule has 2 saturated heterocycles. The number of fused-ring (bicyclic) bond motifs is 2. The SMILES string of the molecule is Cn1c(C(=O)N2CCN3C(=O)OCC3C2)cc2ccc(Cl)cc21. The molecular weight excluding hydrogens is 318 g/mol. The molecule has 2 aromatic rings. The maximum absolute atomic E-state index is 12.9. The van der Waals surface area contributed by atoms with Crippen molar-refractivity contribution in [1.29, 1.82) is 0 Å². The van der Waals surface area contributed by atoms with Crippen molar-refractivity contribution in [3.8, 4) is 0 Å². The first kappa shape index (κ1) is 14.4. The summed E-state index contributed by atoms with van der Waals surface area (Å²) in [5.41, 5.74) is 1.56. The fourth-order valence-electron chi connectivity index (χ4n) is 3.34. The number of aryl methyl sites for hydroxylation is 1. The lowest BCUT2D eigenvalue weighted by Crippen LogP contribution is -2.53. The quantitative estimate of drug-likeness (QED) is 0.803. The van der Waals surface area contributed by atoms with Crippen LogP contribution in [0.3, 0.4) is 0 Å². The topological polar surface area (TPSA) is 54.8 Å². The Morgan fingerprint density at radius 2 is 2.13 bits per heavy atom. The van der Waals surface area contributed by atoms with E-state index in [1.807, 2.05) is 35.9 Å². The fraction of sp³-hybridized carbons (Fsp3) is 0.375. The molecule has 2 aliphatic rings. The predicted octanol–water partition coefficient (Wildman–Crippen LogP) is 2.11. The Morgan fingerprint density at radius 1 is 1.30 bits per heavy atom. The van der Waals surface area contributed by atoms with Crippen molar-refractivity contribution >= 4 is 34.5 Å². The van der Waals surface area contributed by atoms with Crippen LogP contribution in [-0.4, -0.2) is 58.7 Å². The van der Waals surface area contributed by atoms with Crippen molar-refractivity contribution in [3.63, 3.8) is 0 Å². The second-order valence-electron chi connectivity index (χ2n) is 5.97. The Balaban J connectivity index is 1.62. The number of carbonyl (C=O) groups is 2. The van der Waals surface area contributed by atoms with E-state index in [0.29, 0.717) is 37.0 Å². The van der Waals surface area contributed by atoms with Gasteiger partial charge in [-0.3, -0.25) is 9.69 Å². The smallest absolute Gasteiger partial charge is 0.410 e. The van der Waals surface area contributed by atoms with Gasteiger partial charge in [0.2, 0.25) is 0 Å². The van der Waals surface area contributed by atoms with Gasteiger partial charge in [0.25, 0.3) is 5.91 Å². The zero-order chi connectivity index (χ0) is 16.1. The first-order chi connectivity index (χ1) is 11.0. The molecule has 120 valence electrons. The number of ether oxygens (including phenoxy) is 1. The van der Waals surface area contributed by atoms with Crippen LogP contribution in [0.4, 0.5) is 4.79 Å². The van der Waals surface area contributed by atoms with E-state index < -0.39 is 0 Å². The molecule has 2 amide bonds. The molecule has 6 nitrogen and oxygen atoms in total. The van der Waals surface area contributed by atoms with E-state index in [2.05, 4.69) is 0 Å². The summed E-state index contributed by atoms with van der Waals surface area (Å²) in [6.07, 6.45) is -0.277. The summed E-state index contributed by atoms with van der Waals surface area (Å²) in [6, 6.07) is 7.43. The van der Waals surface area contributed by atoms with Gasteiger partial charge in [0.1, 0.15) is 12.3 Å². The van der Waals surface area contributed by atoms with Gasteiger partial charge in [-0.05, 0) is 18.2 Å². The number of carbonyl (C=O) groups excluding carboxylic acids is 2. The van der Waals surface area contributed by atoms with Gasteiger partial charge in [-0.25, -0.2) is 4.79 Å². The van der Waals surface area contributed by atoms with Crippen LogP contribution < -0.4 is 0 Å². The van der Waals surface area contributed by atoms with Crippen LogP contribution >= 0.6 is 11.6 Å². The molecule has 1 unspecified atom stereocenters. The van der Waals surface area contributed by atoms with E-state index in [0.717, 1.165) is 10.9 Å². The molecule has 0 saturated carbocycles. The summed E-state index contributed by atoms with van der Waals surface area (Å²) in [5.74, 6) is -0.0289. The molecule has 2 fully saturated rings. The first-order valence-corrected chi connectivity index (χ1v) is 7.90. The highest BCUT2D eigenvalue weighted by molar-refractivity contribution is 6.31. The summed E-state index contributed by atoms with van der Waals surface area (Å²) >= 11 is 6.04. The maximum Gasteiger partial charge on any atom is 0.410 e. The monoisotopic (exact) mass is 333 g/mol. The van der Waals surface area contributed by atoms with Gasteiger partial charge in [0.05, 0.1) is 6.04 Å². The van der Waals surface area contributed by atoms with E-state index in [1.165, 1.54) is 0 Å². The third-order valence-corrected chi connectivity index (χ3v) is 4.87. The number of hydrogen-bond donors (Lipinski definition) is 0. The summed E-state index contributed by atoms with van der Waals surface area (Å²) in [5, 5.41) is 1.63. The van der Waals surface area contributed by atoms with Crippen molar-refractivity contribution < 1.29 is 14.3 Å². The molecule has 7 heteroatoms. The number of halogens is 1. The summed E-state index contributed by atoms with van der Waals surface area (Å²) in [6.45, 7) is 1.90. The molecule has 0 aliphatic carbocycles. The Labute approximate surface area is 138 Å². The van der Waals surface area contributed by atoms with Crippen LogP contribution in [0.2, 0.25) is 5.02 Å². The minimum absolute atomic E-state index is 0.0289. The normalized spacial score (nSPS) is 20.8. The molecule has 0 bridgehead atoms. The van der Waals surface area contributed by atoms with Gasteiger partial charge in [-0.1, -0.05) is 17.7 Å². The Kier molecular flexibility index (Phi) is 3.23. The Bertz CT molecular complexity index is 816. The summed E-state index contributed by atoms with van der Waals surface area (Å²) in [7, 11) is 1.87. The Morgan fingerprint density at radius 3 is 2.96 bits per heavy atom. The molecule has 4 rings (SSSR count). The summed E-state index contributed by atoms with van der Waals surface area (Å²) in [4.78, 5) is 27.9. The minimum atomic E-state index is -0.277. The van der Waals surface area contributed by atoms with Gasteiger partial charge < -0.3 is 14.2 Å². The van der Waals surface area contributed by atoms with Gasteiger partial charge in [-0.2, -0.15) is 0 Å². The number of hydrogen-bond acceptors (Lipinski definition) is 3. The molecule has 0 N–H and O–H groups in total. The second kappa shape index (κ2) is 5.16. The van der Waals surface area contributed by atoms with E-state index in [9.17, 15) is 9.59 Å². The molecule has 23 heavy (non-hydrogen) atoms. The molecular formula is C16H16ClN3O3. The van der Waals surface area contributed by atoms with E-state index in [-0.39, 0.29) is 18.0 Å². The zero-order valence-electron chi connectivity index (χ0n) is 12.7. The first-order valence-electron chi connectivity index (χ1n) is 7.52. The van der Waals surface area contributed by atoms with Crippen molar-refractivity contribution in [3.05, 3.63) is 35.0 Å². The second-order valence-corrected chi connectivity index (χ2v) is 6.40.